The number of carbonyl (C=O) groups is 1. The summed E-state index contributed by atoms with van der Waals surface area (Å²) in [5, 5.41) is 13.5. The van der Waals surface area contributed by atoms with Gasteiger partial charge in [0.05, 0.1) is 19.1 Å². The summed E-state index contributed by atoms with van der Waals surface area (Å²) in [6, 6.07) is 19.2. The lowest BCUT2D eigenvalue weighted by molar-refractivity contribution is -0.118. The number of ether oxygens (including phenoxy) is 1. The second kappa shape index (κ2) is 10.2. The van der Waals surface area contributed by atoms with E-state index in [1.807, 2.05) is 60.0 Å². The zero-order valence-corrected chi connectivity index (χ0v) is 19.3. The Hall–Kier alpha value is -3.85. The fraction of sp³-hybridized carbons (Fsp3) is 0.167. The van der Waals surface area contributed by atoms with Crippen molar-refractivity contribution in [2.45, 2.75) is 19.0 Å². The average molecular weight is 462 g/mol. The maximum absolute atomic E-state index is 12.4. The van der Waals surface area contributed by atoms with Crippen LogP contribution in [0.2, 0.25) is 0 Å². The highest BCUT2D eigenvalue weighted by molar-refractivity contribution is 7.99. The van der Waals surface area contributed by atoms with Crippen molar-refractivity contribution in [3.05, 3.63) is 78.3 Å². The second-order valence-electron chi connectivity index (χ2n) is 7.20. The summed E-state index contributed by atoms with van der Waals surface area (Å²) in [6.45, 7) is 3.80. The zero-order valence-electron chi connectivity index (χ0n) is 18.5. The van der Waals surface area contributed by atoms with E-state index in [9.17, 15) is 4.79 Å². The van der Waals surface area contributed by atoms with Gasteiger partial charge in [-0.15, -0.1) is 10.2 Å². The quantitative estimate of drug-likeness (QED) is 0.236. The van der Waals surface area contributed by atoms with Gasteiger partial charge in [0.25, 0.3) is 5.91 Å². The van der Waals surface area contributed by atoms with Gasteiger partial charge < -0.3 is 9.15 Å². The van der Waals surface area contributed by atoms with E-state index in [2.05, 4.69) is 20.7 Å². The third kappa shape index (κ3) is 5.32. The van der Waals surface area contributed by atoms with E-state index < -0.39 is 0 Å². The van der Waals surface area contributed by atoms with Crippen molar-refractivity contribution < 1.29 is 13.9 Å². The van der Waals surface area contributed by atoms with Gasteiger partial charge in [0, 0.05) is 11.3 Å². The molecule has 8 nitrogen and oxygen atoms in total. The minimum atomic E-state index is -0.257. The number of aromatic nitrogens is 3. The van der Waals surface area contributed by atoms with E-state index in [1.54, 1.807) is 32.4 Å². The van der Waals surface area contributed by atoms with Crippen molar-refractivity contribution in [1.29, 1.82) is 0 Å². The smallest absolute Gasteiger partial charge is 0.250 e. The summed E-state index contributed by atoms with van der Waals surface area (Å²) in [4.78, 5) is 12.4. The fourth-order valence-electron chi connectivity index (χ4n) is 3.07. The van der Waals surface area contributed by atoms with Crippen molar-refractivity contribution in [3.63, 3.8) is 0 Å². The Morgan fingerprint density at radius 2 is 1.88 bits per heavy atom. The summed E-state index contributed by atoms with van der Waals surface area (Å²) in [6.07, 6.45) is 1.56. The number of thioether (sulfide) groups is 1. The molecule has 0 saturated carbocycles. The van der Waals surface area contributed by atoms with Crippen LogP contribution in [0.25, 0.3) is 17.1 Å². The van der Waals surface area contributed by atoms with Gasteiger partial charge in [-0.1, -0.05) is 41.6 Å². The molecule has 168 valence electrons. The molecule has 0 aliphatic rings. The van der Waals surface area contributed by atoms with E-state index in [0.29, 0.717) is 22.5 Å². The third-order valence-electron chi connectivity index (χ3n) is 4.83. The van der Waals surface area contributed by atoms with Crippen LogP contribution in [0.15, 0.2) is 81.6 Å². The molecule has 2 aromatic heterocycles. The summed E-state index contributed by atoms with van der Waals surface area (Å²) >= 11 is 1.28. The number of nitrogens with zero attached hydrogens (tertiary/aromatic N) is 4. The summed E-state index contributed by atoms with van der Waals surface area (Å²) in [5.41, 5.74) is 6.09. The number of rotatable bonds is 8. The highest BCUT2D eigenvalue weighted by atomic mass is 32.2. The molecule has 1 N–H and O–H groups in total. The molecule has 0 spiro atoms. The predicted octanol–water partition coefficient (Wildman–Crippen LogP) is 4.48. The monoisotopic (exact) mass is 461 g/mol. The first kappa shape index (κ1) is 22.3. The van der Waals surface area contributed by atoms with Gasteiger partial charge in [-0.05, 0) is 50.2 Å². The Bertz CT molecular complexity index is 1250. The number of furan rings is 1. The Balaban J connectivity index is 1.56. The highest BCUT2D eigenvalue weighted by Gasteiger charge is 2.17. The Kier molecular flexibility index (Phi) is 6.89. The van der Waals surface area contributed by atoms with Crippen LogP contribution >= 0.6 is 11.8 Å². The maximum atomic E-state index is 12.4. The number of benzene rings is 2. The normalized spacial score (nSPS) is 11.4. The first-order chi connectivity index (χ1) is 16.0. The Labute approximate surface area is 195 Å². The van der Waals surface area contributed by atoms with Crippen LogP contribution < -0.4 is 10.2 Å². The van der Waals surface area contributed by atoms with E-state index >= 15 is 0 Å². The number of carbonyl (C=O) groups excluding carboxylic acids is 1. The van der Waals surface area contributed by atoms with Gasteiger partial charge in [0.1, 0.15) is 17.2 Å². The number of aryl methyl sites for hydroxylation is 1. The zero-order chi connectivity index (χ0) is 23.2. The number of hydrogen-bond donors (Lipinski definition) is 1. The van der Waals surface area contributed by atoms with Gasteiger partial charge in [-0.3, -0.25) is 9.36 Å². The molecular formula is C24H23N5O3S. The molecule has 9 heteroatoms. The maximum Gasteiger partial charge on any atom is 0.250 e. The van der Waals surface area contributed by atoms with Crippen molar-refractivity contribution in [2.75, 3.05) is 12.9 Å². The van der Waals surface area contributed by atoms with Gasteiger partial charge in [0.15, 0.2) is 11.0 Å². The highest BCUT2D eigenvalue weighted by Crippen LogP contribution is 2.29. The number of hydrazone groups is 1. The number of hydrogen-bond acceptors (Lipinski definition) is 7. The number of amides is 1. The van der Waals surface area contributed by atoms with Crippen LogP contribution in [-0.4, -0.2) is 39.2 Å². The largest absolute Gasteiger partial charge is 0.497 e. The van der Waals surface area contributed by atoms with Crippen LogP contribution in [0.3, 0.4) is 0 Å². The Morgan fingerprint density at radius 1 is 1.12 bits per heavy atom. The summed E-state index contributed by atoms with van der Waals surface area (Å²) < 4.78 is 12.5. The molecule has 4 rings (SSSR count). The van der Waals surface area contributed by atoms with E-state index in [-0.39, 0.29) is 11.7 Å². The van der Waals surface area contributed by atoms with Gasteiger partial charge in [0.2, 0.25) is 0 Å². The van der Waals surface area contributed by atoms with Crippen molar-refractivity contribution >= 4 is 23.4 Å². The van der Waals surface area contributed by atoms with E-state index in [4.69, 9.17) is 9.15 Å². The molecule has 0 bridgehead atoms. The van der Waals surface area contributed by atoms with Crippen molar-refractivity contribution in [2.24, 2.45) is 5.10 Å². The van der Waals surface area contributed by atoms with E-state index in [0.717, 1.165) is 22.6 Å². The molecule has 2 aromatic carbocycles. The molecule has 1 amide bonds. The second-order valence-corrected chi connectivity index (χ2v) is 8.15. The number of methoxy groups -OCH3 is 1. The van der Waals surface area contributed by atoms with Crippen LogP contribution in [0, 0.1) is 6.92 Å². The van der Waals surface area contributed by atoms with Crippen molar-refractivity contribution in [3.8, 4) is 22.8 Å². The standard InChI is InChI=1S/C24H23N5O3S/c1-16-6-8-18(9-7-16)23-27-28-24(29(23)19-10-12-20(31-3)13-11-19)33-15-22(30)26-25-17(2)21-5-4-14-32-21/h4-14H,15H2,1-3H3,(H,26,30)/b25-17-. The fourth-order valence-corrected chi connectivity index (χ4v) is 3.81. The first-order valence-corrected chi connectivity index (χ1v) is 11.2. The minimum Gasteiger partial charge on any atom is -0.497 e. The average Bonchev–Trinajstić information content (AvgIpc) is 3.52. The van der Waals surface area contributed by atoms with Gasteiger partial charge in [-0.25, -0.2) is 5.43 Å². The molecule has 0 atom stereocenters. The summed E-state index contributed by atoms with van der Waals surface area (Å²) in [7, 11) is 1.63. The van der Waals surface area contributed by atoms with Crippen LogP contribution in [0.4, 0.5) is 0 Å². The summed E-state index contributed by atoms with van der Waals surface area (Å²) in [5.74, 6) is 1.91. The molecule has 0 fully saturated rings. The van der Waals surface area contributed by atoms with Crippen LogP contribution in [0.5, 0.6) is 5.75 Å². The van der Waals surface area contributed by atoms with Crippen LogP contribution in [0.1, 0.15) is 18.2 Å². The SMILES string of the molecule is COc1ccc(-n2c(SCC(=O)N/N=C(/C)c3ccco3)nnc2-c2ccc(C)cc2)cc1. The molecule has 0 aliphatic heterocycles. The molecule has 33 heavy (non-hydrogen) atoms. The van der Waals surface area contributed by atoms with E-state index in [1.165, 1.54) is 11.8 Å². The first-order valence-electron chi connectivity index (χ1n) is 10.2. The van der Waals surface area contributed by atoms with Crippen LogP contribution in [-0.2, 0) is 4.79 Å². The molecule has 0 aliphatic carbocycles. The molecule has 2 heterocycles. The lowest BCUT2D eigenvalue weighted by atomic mass is 10.1. The lowest BCUT2D eigenvalue weighted by Gasteiger charge is -2.11. The topological polar surface area (TPSA) is 94.5 Å². The molecule has 0 radical (unpaired) electrons. The van der Waals surface area contributed by atoms with Crippen molar-refractivity contribution in [1.82, 2.24) is 20.2 Å². The molecular weight excluding hydrogens is 438 g/mol. The lowest BCUT2D eigenvalue weighted by Crippen LogP contribution is -2.21. The molecule has 4 aromatic rings. The molecule has 0 unspecified atom stereocenters. The third-order valence-corrected chi connectivity index (χ3v) is 5.76. The van der Waals surface area contributed by atoms with Gasteiger partial charge in [-0.2, -0.15) is 5.10 Å². The Morgan fingerprint density at radius 3 is 2.55 bits per heavy atom. The molecule has 0 saturated heterocycles. The number of nitrogens with one attached hydrogen (secondary N) is 1. The van der Waals surface area contributed by atoms with Gasteiger partial charge >= 0.3 is 0 Å². The predicted molar refractivity (Wildman–Crippen MR) is 128 cm³/mol. The minimum absolute atomic E-state index is 0.122.